The lowest BCUT2D eigenvalue weighted by atomic mass is 10.4. The molecule has 0 aliphatic heterocycles. The van der Waals surface area contributed by atoms with E-state index < -0.39 is 23.5 Å². The summed E-state index contributed by atoms with van der Waals surface area (Å²) in [5.41, 5.74) is 0. The van der Waals surface area contributed by atoms with E-state index >= 15 is 0 Å². The molecule has 146 valence electrons. The molecule has 28 heavy (non-hydrogen) atoms. The molecule has 0 aromatic heterocycles. The third kappa shape index (κ3) is 3.89. The van der Waals surface area contributed by atoms with E-state index in [1.165, 1.54) is 15.9 Å². The Morgan fingerprint density at radius 2 is 0.714 bits per heavy atom. The number of nitrogens with zero attached hydrogens (tertiary/aromatic N) is 1. The molecule has 1 nitrogen and oxygen atoms in total. The second-order valence-electron chi connectivity index (χ2n) is 9.30. The molecule has 3 rings (SSSR count). The zero-order chi connectivity index (χ0) is 20.4. The van der Waals surface area contributed by atoms with Crippen LogP contribution in [-0.4, -0.2) is 20.1 Å². The van der Waals surface area contributed by atoms with E-state index in [4.69, 9.17) is 0 Å². The Morgan fingerprint density at radius 1 is 0.464 bits per heavy atom. The summed E-state index contributed by atoms with van der Waals surface area (Å²) in [6.45, 7) is 15.1. The molecular weight excluding hydrogens is 389 g/mol. The quantitative estimate of drug-likeness (QED) is 0.359. The zero-order valence-electron chi connectivity index (χ0n) is 18.1. The Hall–Kier alpha value is -1.68. The normalized spacial score (nSPS) is 12.6. The van der Waals surface area contributed by atoms with Gasteiger partial charge in [-0.3, -0.25) is 0 Å². The van der Waals surface area contributed by atoms with Gasteiger partial charge in [0.15, 0.2) is 0 Å². The third-order valence-corrected chi connectivity index (χ3v) is 20.7. The highest BCUT2D eigenvalue weighted by molar-refractivity contribution is 7.86. The van der Waals surface area contributed by atoms with Gasteiger partial charge in [0.1, 0.15) is 7.05 Å². The monoisotopic (exact) mass is 422 g/mol. The van der Waals surface area contributed by atoms with Gasteiger partial charge in [0.25, 0.3) is 0 Å². The molecule has 4 heteroatoms. The molecule has 0 heterocycles. The SMILES string of the molecule is C[Si](C)(C)[N+]([Si](C)(C)C)=P(c1ccccc1)(c1ccccc1)c1ccccc1. The first-order chi connectivity index (χ1) is 13.2. The summed E-state index contributed by atoms with van der Waals surface area (Å²) >= 11 is 0. The first-order valence-corrected chi connectivity index (χ1v) is 18.7. The first kappa shape index (κ1) is 21.0. The van der Waals surface area contributed by atoms with Crippen molar-refractivity contribution in [2.45, 2.75) is 39.3 Å². The van der Waals surface area contributed by atoms with Gasteiger partial charge in [-0.2, -0.15) is 0 Å². The molecule has 0 bridgehead atoms. The number of benzene rings is 3. The highest BCUT2D eigenvalue weighted by Gasteiger charge is 2.48. The maximum Gasteiger partial charge on any atom is 0.324 e. The van der Waals surface area contributed by atoms with Crippen molar-refractivity contribution in [1.82, 2.24) is 0 Å². The van der Waals surface area contributed by atoms with Gasteiger partial charge in [-0.15, -0.1) is 0 Å². The largest absolute Gasteiger partial charge is 0.402 e. The van der Waals surface area contributed by atoms with Crippen LogP contribution in [0.1, 0.15) is 0 Å². The zero-order valence-corrected chi connectivity index (χ0v) is 20.9. The minimum absolute atomic E-state index is 1.47. The lowest BCUT2D eigenvalue weighted by Crippen LogP contribution is -2.55. The van der Waals surface area contributed by atoms with Crippen LogP contribution in [0.15, 0.2) is 91.0 Å². The number of rotatable bonds is 5. The van der Waals surface area contributed by atoms with Crippen LogP contribution in [0.5, 0.6) is 0 Å². The van der Waals surface area contributed by atoms with E-state index in [-0.39, 0.29) is 0 Å². The summed E-state index contributed by atoms with van der Waals surface area (Å²) in [5, 5.41) is 4.41. The van der Waals surface area contributed by atoms with Gasteiger partial charge in [0.05, 0.1) is 0 Å². The molecule has 3 aromatic carbocycles. The first-order valence-electron chi connectivity index (χ1n) is 10.1. The Bertz CT molecular complexity index is 850. The lowest BCUT2D eigenvalue weighted by molar-refractivity contribution is -0.222. The Labute approximate surface area is 173 Å². The average molecular weight is 423 g/mol. The van der Waals surface area contributed by atoms with Crippen LogP contribution in [0.4, 0.5) is 0 Å². The van der Waals surface area contributed by atoms with Crippen molar-refractivity contribution in [3.05, 3.63) is 91.0 Å². The minimum atomic E-state index is -1.95. The molecule has 0 fully saturated rings. The summed E-state index contributed by atoms with van der Waals surface area (Å²) in [5.74, 6) is 0. The van der Waals surface area contributed by atoms with E-state index in [0.29, 0.717) is 0 Å². The summed E-state index contributed by atoms with van der Waals surface area (Å²) in [6, 6.07) is 33.9. The summed E-state index contributed by atoms with van der Waals surface area (Å²) < 4.78 is 3.06. The van der Waals surface area contributed by atoms with Gasteiger partial charge in [-0.25, -0.2) is 0 Å². The molecule has 0 atom stereocenters. The van der Waals surface area contributed by atoms with Crippen molar-refractivity contribution in [1.29, 1.82) is 0 Å². The highest BCUT2D eigenvalue weighted by Crippen LogP contribution is 2.49. The summed E-state index contributed by atoms with van der Waals surface area (Å²) in [4.78, 5) is 0. The van der Waals surface area contributed by atoms with Gasteiger partial charge < -0.3 is 3.66 Å². The Balaban J connectivity index is 2.69. The Morgan fingerprint density at radius 3 is 0.929 bits per heavy atom. The molecule has 0 aliphatic carbocycles. The van der Waals surface area contributed by atoms with Gasteiger partial charge in [0, 0.05) is 15.9 Å². The summed E-state index contributed by atoms with van der Waals surface area (Å²) in [6.07, 6.45) is 0. The molecule has 3 aromatic rings. The maximum atomic E-state index is 3.06. The van der Waals surface area contributed by atoms with Crippen molar-refractivity contribution >= 4 is 39.4 Å². The standard InChI is InChI=1S/C24H33NPSi2/c1-27(2,3)25(28(4,5)6)26(22-16-10-7-11-17-22,23-18-12-8-13-19-23)24-20-14-9-15-21-24/h7-21H,1-6H3/q+1. The predicted molar refractivity (Wildman–Crippen MR) is 132 cm³/mol. The van der Waals surface area contributed by atoms with Crippen LogP contribution >= 0.6 is 7.05 Å². The van der Waals surface area contributed by atoms with Crippen molar-refractivity contribution in [3.8, 4) is 0 Å². The van der Waals surface area contributed by atoms with E-state index in [1.54, 1.807) is 0 Å². The smallest absolute Gasteiger partial charge is 0.324 e. The van der Waals surface area contributed by atoms with Crippen LogP contribution in [-0.2, 0) is 0 Å². The van der Waals surface area contributed by atoms with E-state index in [0.717, 1.165) is 0 Å². The van der Waals surface area contributed by atoms with Gasteiger partial charge in [0.2, 0.25) is 0 Å². The molecule has 0 amide bonds. The fourth-order valence-corrected chi connectivity index (χ4v) is 25.4. The third-order valence-electron chi connectivity index (χ3n) is 4.96. The van der Waals surface area contributed by atoms with Crippen molar-refractivity contribution < 1.29 is 3.66 Å². The topological polar surface area (TPSA) is 3.01 Å². The van der Waals surface area contributed by atoms with E-state index in [9.17, 15) is 0 Å². The Kier molecular flexibility index (Phi) is 6.00. The molecule has 0 N–H and O–H groups in total. The second kappa shape index (κ2) is 7.98. The van der Waals surface area contributed by atoms with Crippen LogP contribution in [0.25, 0.3) is 0 Å². The fraction of sp³-hybridized carbons (Fsp3) is 0.250. The van der Waals surface area contributed by atoms with Crippen LogP contribution in [0.3, 0.4) is 0 Å². The number of hydrogen-bond donors (Lipinski definition) is 0. The molecular formula is C24H33NPSi2+. The van der Waals surface area contributed by atoms with Gasteiger partial charge in [-0.1, -0.05) is 54.6 Å². The van der Waals surface area contributed by atoms with Crippen molar-refractivity contribution in [2.75, 3.05) is 0 Å². The summed E-state index contributed by atoms with van der Waals surface area (Å²) in [7, 11) is -5.27. The van der Waals surface area contributed by atoms with Crippen molar-refractivity contribution in [3.63, 3.8) is 0 Å². The van der Waals surface area contributed by atoms with E-state index in [1.807, 2.05) is 0 Å². The fourth-order valence-electron chi connectivity index (χ4n) is 4.63. The average Bonchev–Trinajstić information content (AvgIpc) is 2.66. The van der Waals surface area contributed by atoms with E-state index in [2.05, 4.69) is 134 Å². The molecule has 0 unspecified atom stereocenters. The number of hydrogen-bond acceptors (Lipinski definition) is 0. The van der Waals surface area contributed by atoms with Gasteiger partial charge >= 0.3 is 16.5 Å². The molecule has 0 aliphatic rings. The lowest BCUT2D eigenvalue weighted by Gasteiger charge is -2.39. The molecule has 0 spiro atoms. The van der Waals surface area contributed by atoms with Crippen LogP contribution < -0.4 is 15.9 Å². The van der Waals surface area contributed by atoms with Gasteiger partial charge in [-0.05, 0) is 75.7 Å². The maximum absolute atomic E-state index is 3.06. The molecule has 0 radical (unpaired) electrons. The second-order valence-corrected chi connectivity index (χ2v) is 23.3. The predicted octanol–water partition coefficient (Wildman–Crippen LogP) is 5.85. The highest BCUT2D eigenvalue weighted by atomic mass is 31.2. The minimum Gasteiger partial charge on any atom is -0.402 e. The van der Waals surface area contributed by atoms with Crippen molar-refractivity contribution in [2.24, 2.45) is 0 Å². The van der Waals surface area contributed by atoms with Crippen LogP contribution in [0.2, 0.25) is 39.3 Å². The molecule has 0 saturated carbocycles. The molecule has 0 saturated heterocycles. The van der Waals surface area contributed by atoms with Crippen LogP contribution in [0, 0.1) is 0 Å².